The second kappa shape index (κ2) is 8.93. The van der Waals surface area contributed by atoms with Crippen molar-refractivity contribution in [2.75, 3.05) is 18.4 Å². The van der Waals surface area contributed by atoms with E-state index in [2.05, 4.69) is 5.32 Å². The van der Waals surface area contributed by atoms with E-state index in [-0.39, 0.29) is 17.6 Å². The van der Waals surface area contributed by atoms with Crippen LogP contribution < -0.4 is 5.32 Å². The summed E-state index contributed by atoms with van der Waals surface area (Å²) in [7, 11) is -3.63. The standard InChI is InChI=1S/C24H30N2O4S/c1-15-13-16(2)18(4)23(17(15)3)31(29,30)26-11-9-20(10-12-26)24(28)25-22-8-6-7-21(14-22)19(5)27/h6-8,13-14,20H,9-12H2,1-5H3,(H,25,28). The molecule has 1 aliphatic rings. The van der Waals surface area contributed by atoms with Gasteiger partial charge in [-0.05, 0) is 81.8 Å². The highest BCUT2D eigenvalue weighted by molar-refractivity contribution is 7.89. The number of nitrogens with one attached hydrogen (secondary N) is 1. The van der Waals surface area contributed by atoms with Crippen LogP contribution in [0.15, 0.2) is 35.2 Å². The molecule has 0 unspecified atom stereocenters. The Balaban J connectivity index is 1.71. The third-order valence-electron chi connectivity index (χ3n) is 6.26. The lowest BCUT2D eigenvalue weighted by Crippen LogP contribution is -2.41. The first-order valence-corrected chi connectivity index (χ1v) is 12.0. The van der Waals surface area contributed by atoms with Crippen LogP contribution in [0.5, 0.6) is 0 Å². The van der Waals surface area contributed by atoms with E-state index >= 15 is 0 Å². The molecular weight excluding hydrogens is 412 g/mol. The number of carbonyl (C=O) groups is 2. The number of hydrogen-bond acceptors (Lipinski definition) is 4. The van der Waals surface area contributed by atoms with E-state index in [9.17, 15) is 18.0 Å². The fraction of sp³-hybridized carbons (Fsp3) is 0.417. The Morgan fingerprint density at radius 2 is 1.55 bits per heavy atom. The van der Waals surface area contributed by atoms with Crippen molar-refractivity contribution >= 4 is 27.4 Å². The third-order valence-corrected chi connectivity index (χ3v) is 8.43. The number of carbonyl (C=O) groups excluding carboxylic acids is 2. The van der Waals surface area contributed by atoms with Gasteiger partial charge in [-0.2, -0.15) is 4.31 Å². The Morgan fingerprint density at radius 1 is 0.968 bits per heavy atom. The van der Waals surface area contributed by atoms with Crippen molar-refractivity contribution in [3.63, 3.8) is 0 Å². The summed E-state index contributed by atoms with van der Waals surface area (Å²) in [4.78, 5) is 24.7. The van der Waals surface area contributed by atoms with Crippen LogP contribution in [0.2, 0.25) is 0 Å². The molecule has 1 amide bonds. The van der Waals surface area contributed by atoms with Crippen LogP contribution in [0, 0.1) is 33.6 Å². The number of piperidine rings is 1. The molecule has 2 aromatic rings. The van der Waals surface area contributed by atoms with Crippen molar-refractivity contribution in [1.29, 1.82) is 0 Å². The topological polar surface area (TPSA) is 83.6 Å². The maximum absolute atomic E-state index is 13.4. The molecule has 0 saturated carbocycles. The van der Waals surface area contributed by atoms with Gasteiger partial charge < -0.3 is 5.32 Å². The van der Waals surface area contributed by atoms with E-state index in [0.29, 0.717) is 42.1 Å². The van der Waals surface area contributed by atoms with Gasteiger partial charge in [0.15, 0.2) is 5.78 Å². The van der Waals surface area contributed by atoms with Crippen molar-refractivity contribution < 1.29 is 18.0 Å². The zero-order chi connectivity index (χ0) is 22.9. The Hall–Kier alpha value is -2.51. The lowest BCUT2D eigenvalue weighted by molar-refractivity contribution is -0.120. The molecule has 1 saturated heterocycles. The van der Waals surface area contributed by atoms with Gasteiger partial charge in [0.2, 0.25) is 15.9 Å². The molecule has 166 valence electrons. The Labute approximate surface area is 184 Å². The molecular formula is C24H30N2O4S. The number of benzene rings is 2. The number of nitrogens with zero attached hydrogens (tertiary/aromatic N) is 1. The van der Waals surface area contributed by atoms with Gasteiger partial charge in [-0.25, -0.2) is 8.42 Å². The van der Waals surface area contributed by atoms with Crippen molar-refractivity contribution in [2.45, 2.75) is 52.4 Å². The molecule has 3 rings (SSSR count). The monoisotopic (exact) mass is 442 g/mol. The molecule has 0 bridgehead atoms. The predicted octanol–water partition coefficient (Wildman–Crippen LogP) is 4.16. The van der Waals surface area contributed by atoms with Crippen molar-refractivity contribution in [3.8, 4) is 0 Å². The molecule has 7 heteroatoms. The number of sulfonamides is 1. The first-order chi connectivity index (χ1) is 14.5. The minimum Gasteiger partial charge on any atom is -0.326 e. The summed E-state index contributed by atoms with van der Waals surface area (Å²) in [6.07, 6.45) is 0.917. The number of aryl methyl sites for hydroxylation is 2. The summed E-state index contributed by atoms with van der Waals surface area (Å²) in [5.41, 5.74) is 4.61. The number of rotatable bonds is 5. The van der Waals surface area contributed by atoms with Crippen molar-refractivity contribution in [1.82, 2.24) is 4.31 Å². The number of hydrogen-bond donors (Lipinski definition) is 1. The van der Waals surface area contributed by atoms with E-state index in [1.807, 2.05) is 33.8 Å². The van der Waals surface area contributed by atoms with E-state index in [1.165, 1.54) is 11.2 Å². The van der Waals surface area contributed by atoms with Crippen LogP contribution in [0.25, 0.3) is 0 Å². The molecule has 2 aromatic carbocycles. The van der Waals surface area contributed by atoms with Crippen LogP contribution in [-0.2, 0) is 14.8 Å². The van der Waals surface area contributed by atoms with Gasteiger partial charge in [0.25, 0.3) is 0 Å². The van der Waals surface area contributed by atoms with Crippen LogP contribution >= 0.6 is 0 Å². The van der Waals surface area contributed by atoms with E-state index < -0.39 is 10.0 Å². The molecule has 1 heterocycles. The maximum Gasteiger partial charge on any atom is 0.243 e. The fourth-order valence-electron chi connectivity index (χ4n) is 4.12. The van der Waals surface area contributed by atoms with Crippen molar-refractivity contribution in [2.24, 2.45) is 5.92 Å². The van der Waals surface area contributed by atoms with Gasteiger partial charge >= 0.3 is 0 Å². The highest BCUT2D eigenvalue weighted by Crippen LogP contribution is 2.31. The average Bonchev–Trinajstić information content (AvgIpc) is 2.72. The van der Waals surface area contributed by atoms with E-state index in [1.54, 1.807) is 24.3 Å². The SMILES string of the molecule is CC(=O)c1cccc(NC(=O)C2CCN(S(=O)(=O)c3c(C)c(C)cc(C)c3C)CC2)c1. The smallest absolute Gasteiger partial charge is 0.243 e. The predicted molar refractivity (Wildman–Crippen MR) is 122 cm³/mol. The minimum atomic E-state index is -3.63. The molecule has 0 aromatic heterocycles. The summed E-state index contributed by atoms with van der Waals surface area (Å²) >= 11 is 0. The molecule has 0 spiro atoms. The van der Waals surface area contributed by atoms with Crippen molar-refractivity contribution in [3.05, 3.63) is 58.1 Å². The van der Waals surface area contributed by atoms with E-state index in [4.69, 9.17) is 0 Å². The molecule has 31 heavy (non-hydrogen) atoms. The number of ketones is 1. The summed E-state index contributed by atoms with van der Waals surface area (Å²) < 4.78 is 28.3. The second-order valence-electron chi connectivity index (χ2n) is 8.39. The lowest BCUT2D eigenvalue weighted by Gasteiger charge is -2.31. The molecule has 1 aliphatic heterocycles. The Morgan fingerprint density at radius 3 is 2.10 bits per heavy atom. The quantitative estimate of drug-likeness (QED) is 0.705. The molecule has 0 radical (unpaired) electrons. The normalized spacial score (nSPS) is 15.6. The van der Waals surface area contributed by atoms with E-state index in [0.717, 1.165) is 22.3 Å². The fourth-order valence-corrected chi connectivity index (χ4v) is 6.16. The Kier molecular flexibility index (Phi) is 6.67. The largest absolute Gasteiger partial charge is 0.326 e. The van der Waals surface area contributed by atoms with Crippen LogP contribution in [0.3, 0.4) is 0 Å². The Bertz CT molecular complexity index is 1100. The summed E-state index contributed by atoms with van der Waals surface area (Å²) in [5, 5.41) is 2.87. The lowest BCUT2D eigenvalue weighted by atomic mass is 9.97. The third kappa shape index (κ3) is 4.72. The van der Waals surface area contributed by atoms with Gasteiger partial charge in [-0.3, -0.25) is 9.59 Å². The average molecular weight is 443 g/mol. The summed E-state index contributed by atoms with van der Waals surface area (Å²) in [5.74, 6) is -0.475. The molecule has 1 fully saturated rings. The van der Waals surface area contributed by atoms with Crippen LogP contribution in [0.1, 0.15) is 52.4 Å². The second-order valence-corrected chi connectivity index (χ2v) is 10.3. The molecule has 6 nitrogen and oxygen atoms in total. The number of anilines is 1. The summed E-state index contributed by atoms with van der Waals surface area (Å²) in [6.45, 7) is 9.65. The number of amides is 1. The summed E-state index contributed by atoms with van der Waals surface area (Å²) in [6, 6.07) is 8.86. The van der Waals surface area contributed by atoms with Crippen LogP contribution in [-0.4, -0.2) is 37.5 Å². The van der Waals surface area contributed by atoms with Gasteiger partial charge in [-0.15, -0.1) is 0 Å². The van der Waals surface area contributed by atoms with Crippen LogP contribution in [0.4, 0.5) is 5.69 Å². The van der Waals surface area contributed by atoms with Gasteiger partial charge in [0.05, 0.1) is 4.90 Å². The maximum atomic E-state index is 13.4. The number of Topliss-reactive ketones (excluding diaryl/α,β-unsaturated/α-hetero) is 1. The van der Waals surface area contributed by atoms with Gasteiger partial charge in [-0.1, -0.05) is 18.2 Å². The van der Waals surface area contributed by atoms with Gasteiger partial charge in [0, 0.05) is 30.3 Å². The molecule has 0 atom stereocenters. The first-order valence-electron chi connectivity index (χ1n) is 10.5. The highest BCUT2D eigenvalue weighted by Gasteiger charge is 2.34. The zero-order valence-corrected chi connectivity index (χ0v) is 19.6. The molecule has 0 aliphatic carbocycles. The first kappa shape index (κ1) is 23.2. The molecule has 1 N–H and O–H groups in total. The zero-order valence-electron chi connectivity index (χ0n) is 18.8. The highest BCUT2D eigenvalue weighted by atomic mass is 32.2. The minimum absolute atomic E-state index is 0.0633. The van der Waals surface area contributed by atoms with Gasteiger partial charge in [0.1, 0.15) is 0 Å².